The van der Waals surface area contributed by atoms with Gasteiger partial charge in [0.05, 0.1) is 4.91 Å². The fraction of sp³-hybridized carbons (Fsp3) is 0.300. The minimum absolute atomic E-state index is 0.197. The van der Waals surface area contributed by atoms with Crippen molar-refractivity contribution in [1.29, 1.82) is 0 Å². The summed E-state index contributed by atoms with van der Waals surface area (Å²) in [5.41, 5.74) is 5.31. The molecule has 5 nitrogen and oxygen atoms in total. The number of rotatable bonds is 4. The third-order valence-electron chi connectivity index (χ3n) is 4.57. The van der Waals surface area contributed by atoms with Crippen LogP contribution >= 0.6 is 11.8 Å². The molecule has 0 spiro atoms. The van der Waals surface area contributed by atoms with Gasteiger partial charge < -0.3 is 9.47 Å². The molecule has 0 bridgehead atoms. The molecule has 2 amide bonds. The topological polar surface area (TPSA) is 45.6 Å². The van der Waals surface area contributed by atoms with E-state index in [-0.39, 0.29) is 11.1 Å². The fourth-order valence-corrected chi connectivity index (χ4v) is 4.04. The Bertz CT molecular complexity index is 895. The van der Waals surface area contributed by atoms with Crippen LogP contribution in [0.25, 0.3) is 11.8 Å². The van der Waals surface area contributed by atoms with Gasteiger partial charge >= 0.3 is 0 Å². The van der Waals surface area contributed by atoms with Gasteiger partial charge in [-0.3, -0.25) is 14.5 Å². The molecule has 1 aliphatic rings. The van der Waals surface area contributed by atoms with E-state index in [4.69, 9.17) is 0 Å². The lowest BCUT2D eigenvalue weighted by Crippen LogP contribution is -2.27. The fourth-order valence-electron chi connectivity index (χ4n) is 3.14. The van der Waals surface area contributed by atoms with Crippen molar-refractivity contribution in [3.8, 4) is 5.69 Å². The number of carbonyl (C=O) groups excluding carboxylic acids is 2. The van der Waals surface area contributed by atoms with Gasteiger partial charge in [0.15, 0.2) is 0 Å². The first-order chi connectivity index (χ1) is 12.3. The Balaban J connectivity index is 1.98. The molecule has 0 N–H and O–H groups in total. The quantitative estimate of drug-likeness (QED) is 0.757. The smallest absolute Gasteiger partial charge is 0.293 e. The van der Waals surface area contributed by atoms with Crippen molar-refractivity contribution < 1.29 is 9.59 Å². The Morgan fingerprint density at radius 3 is 2.31 bits per heavy atom. The molecule has 0 atom stereocenters. The Morgan fingerprint density at radius 1 is 1.12 bits per heavy atom. The van der Waals surface area contributed by atoms with Crippen LogP contribution in [0.15, 0.2) is 35.2 Å². The molecule has 2 heterocycles. The molecular formula is C20H23N3O2S. The summed E-state index contributed by atoms with van der Waals surface area (Å²) in [5, 5.41) is -0.197. The number of anilines is 1. The second kappa shape index (κ2) is 7.03. The zero-order chi connectivity index (χ0) is 19.0. The molecule has 0 saturated carbocycles. The maximum atomic E-state index is 12.3. The highest BCUT2D eigenvalue weighted by Crippen LogP contribution is 2.33. The zero-order valence-corrected chi connectivity index (χ0v) is 16.6. The highest BCUT2D eigenvalue weighted by molar-refractivity contribution is 8.18. The Labute approximate surface area is 158 Å². The largest absolute Gasteiger partial charge is 0.378 e. The lowest BCUT2D eigenvalue weighted by atomic mass is 10.2. The van der Waals surface area contributed by atoms with Crippen molar-refractivity contribution in [2.75, 3.05) is 25.5 Å². The van der Waals surface area contributed by atoms with Gasteiger partial charge in [-0.15, -0.1) is 0 Å². The van der Waals surface area contributed by atoms with Crippen molar-refractivity contribution >= 4 is 34.7 Å². The second-order valence-corrected chi connectivity index (χ2v) is 7.49. The van der Waals surface area contributed by atoms with E-state index in [1.165, 1.54) is 4.90 Å². The van der Waals surface area contributed by atoms with Gasteiger partial charge in [0.2, 0.25) is 0 Å². The molecule has 0 radical (unpaired) electrons. The predicted octanol–water partition coefficient (Wildman–Crippen LogP) is 4.22. The lowest BCUT2D eigenvalue weighted by molar-refractivity contribution is -0.122. The molecule has 1 saturated heterocycles. The average molecular weight is 369 g/mol. The Hall–Kier alpha value is -2.47. The van der Waals surface area contributed by atoms with Crippen LogP contribution in [0, 0.1) is 13.8 Å². The van der Waals surface area contributed by atoms with Crippen LogP contribution in [0.3, 0.4) is 0 Å². The first-order valence-electron chi connectivity index (χ1n) is 8.55. The van der Waals surface area contributed by atoms with Gasteiger partial charge in [-0.25, -0.2) is 0 Å². The lowest BCUT2D eigenvalue weighted by Gasteiger charge is -2.14. The molecule has 1 aliphatic heterocycles. The minimum Gasteiger partial charge on any atom is -0.378 e. The van der Waals surface area contributed by atoms with Crippen LogP contribution in [-0.2, 0) is 4.79 Å². The summed E-state index contributed by atoms with van der Waals surface area (Å²) in [6, 6.07) is 10.4. The highest BCUT2D eigenvalue weighted by Gasteiger charge is 2.33. The first-order valence-corrected chi connectivity index (χ1v) is 9.37. The van der Waals surface area contributed by atoms with Crippen molar-refractivity contribution in [2.24, 2.45) is 0 Å². The molecule has 1 aromatic carbocycles. The normalized spacial score (nSPS) is 16.0. The molecular weight excluding hydrogens is 346 g/mol. The molecule has 2 aromatic rings. The van der Waals surface area contributed by atoms with Crippen molar-refractivity contribution in [3.63, 3.8) is 0 Å². The van der Waals surface area contributed by atoms with Gasteiger partial charge in [-0.2, -0.15) is 0 Å². The number of aromatic nitrogens is 1. The summed E-state index contributed by atoms with van der Waals surface area (Å²) in [7, 11) is 4.03. The molecule has 1 fully saturated rings. The van der Waals surface area contributed by atoms with E-state index in [1.807, 2.05) is 40.9 Å². The van der Waals surface area contributed by atoms with Crippen LogP contribution in [0.1, 0.15) is 23.9 Å². The summed E-state index contributed by atoms with van der Waals surface area (Å²) in [5.74, 6) is -0.206. The number of likely N-dealkylation sites (N-methyl/N-ethyl adjacent to an activating group) is 1. The number of amides is 2. The van der Waals surface area contributed by atoms with Crippen molar-refractivity contribution in [3.05, 3.63) is 52.2 Å². The van der Waals surface area contributed by atoms with Gasteiger partial charge in [-0.05, 0) is 74.5 Å². The monoisotopic (exact) mass is 369 g/mol. The third-order valence-corrected chi connectivity index (χ3v) is 5.48. The van der Waals surface area contributed by atoms with E-state index in [1.54, 1.807) is 0 Å². The van der Waals surface area contributed by atoms with E-state index in [2.05, 4.69) is 39.8 Å². The molecule has 26 heavy (non-hydrogen) atoms. The second-order valence-electron chi connectivity index (χ2n) is 6.50. The van der Waals surface area contributed by atoms with Gasteiger partial charge in [0, 0.05) is 43.4 Å². The van der Waals surface area contributed by atoms with Crippen molar-refractivity contribution in [1.82, 2.24) is 9.47 Å². The summed E-state index contributed by atoms with van der Waals surface area (Å²) in [6.45, 7) is 6.28. The molecule has 6 heteroatoms. The maximum Gasteiger partial charge on any atom is 0.293 e. The number of hydrogen-bond donors (Lipinski definition) is 0. The number of nitrogens with zero attached hydrogens (tertiary/aromatic N) is 3. The van der Waals surface area contributed by atoms with E-state index in [0.717, 1.165) is 40.1 Å². The van der Waals surface area contributed by atoms with Crippen LogP contribution in [0.5, 0.6) is 0 Å². The van der Waals surface area contributed by atoms with Crippen LogP contribution in [0.4, 0.5) is 10.5 Å². The molecule has 1 aromatic heterocycles. The number of thioether (sulfide) groups is 1. The van der Waals surface area contributed by atoms with Gasteiger partial charge in [0.25, 0.3) is 11.1 Å². The molecule has 136 valence electrons. The standard InChI is InChI=1S/C20H23N3O2S/c1-6-22-19(24)18(26-20(22)25)12-15-11-13(2)23(14(15)3)17-9-7-16(8-10-17)21(4)5/h7-12H,6H2,1-5H3/b18-12+. The minimum atomic E-state index is -0.206. The number of imide groups is 1. The summed E-state index contributed by atoms with van der Waals surface area (Å²) >= 11 is 1.01. The van der Waals surface area contributed by atoms with Crippen LogP contribution < -0.4 is 4.90 Å². The van der Waals surface area contributed by atoms with E-state index >= 15 is 0 Å². The number of carbonyl (C=O) groups is 2. The third kappa shape index (κ3) is 3.17. The zero-order valence-electron chi connectivity index (χ0n) is 15.7. The average Bonchev–Trinajstić information content (AvgIpc) is 3.03. The van der Waals surface area contributed by atoms with Gasteiger partial charge in [-0.1, -0.05) is 0 Å². The van der Waals surface area contributed by atoms with Crippen LogP contribution in [0.2, 0.25) is 0 Å². The van der Waals surface area contributed by atoms with Crippen molar-refractivity contribution in [2.45, 2.75) is 20.8 Å². The van der Waals surface area contributed by atoms with E-state index in [0.29, 0.717) is 11.4 Å². The summed E-state index contributed by atoms with van der Waals surface area (Å²) < 4.78 is 2.16. The SMILES string of the molecule is CCN1C(=O)S/C(=C/c2cc(C)n(-c3ccc(N(C)C)cc3)c2C)C1=O. The highest BCUT2D eigenvalue weighted by atomic mass is 32.2. The van der Waals surface area contributed by atoms with E-state index < -0.39 is 0 Å². The Kier molecular flexibility index (Phi) is 4.96. The van der Waals surface area contributed by atoms with Crippen LogP contribution in [-0.4, -0.2) is 41.3 Å². The van der Waals surface area contributed by atoms with E-state index in [9.17, 15) is 9.59 Å². The number of aryl methyl sites for hydroxylation is 1. The summed E-state index contributed by atoms with van der Waals surface area (Å²) in [4.78, 5) is 28.1. The summed E-state index contributed by atoms with van der Waals surface area (Å²) in [6.07, 6.45) is 1.83. The first kappa shape index (κ1) is 18.3. The molecule has 3 rings (SSSR count). The number of hydrogen-bond acceptors (Lipinski definition) is 4. The number of benzene rings is 1. The molecule has 0 aliphatic carbocycles. The van der Waals surface area contributed by atoms with Gasteiger partial charge in [0.1, 0.15) is 0 Å². The maximum absolute atomic E-state index is 12.3. The Morgan fingerprint density at radius 2 is 1.77 bits per heavy atom. The molecule has 0 unspecified atom stereocenters. The predicted molar refractivity (Wildman–Crippen MR) is 108 cm³/mol.